The summed E-state index contributed by atoms with van der Waals surface area (Å²) in [6.07, 6.45) is 0. The largest absolute Gasteiger partial charge is 0.457 e. The van der Waals surface area contributed by atoms with Crippen molar-refractivity contribution in [1.29, 1.82) is 0 Å². The lowest BCUT2D eigenvalue weighted by Crippen LogP contribution is -2.05. The van der Waals surface area contributed by atoms with Crippen LogP contribution in [0.2, 0.25) is 0 Å². The molecule has 0 amide bonds. The highest BCUT2D eigenvalue weighted by molar-refractivity contribution is 7.99. The Kier molecular flexibility index (Phi) is 5.24. The molecule has 20 heavy (non-hydrogen) atoms. The molecule has 104 valence electrons. The van der Waals surface area contributed by atoms with Crippen LogP contribution >= 0.6 is 11.8 Å². The molecule has 0 heterocycles. The van der Waals surface area contributed by atoms with Gasteiger partial charge in [-0.3, -0.25) is 4.79 Å². The summed E-state index contributed by atoms with van der Waals surface area (Å²) in [5.74, 6) is 3.23. The lowest BCUT2D eigenvalue weighted by Gasteiger charge is -2.09. The van der Waals surface area contributed by atoms with Crippen molar-refractivity contribution in [3.63, 3.8) is 0 Å². The molecule has 0 radical (unpaired) electrons. The minimum absolute atomic E-state index is 0.181. The molecule has 2 aromatic carbocycles. The summed E-state index contributed by atoms with van der Waals surface area (Å²) in [6.45, 7) is 4.00. The second-order valence-electron chi connectivity index (χ2n) is 4.45. The van der Waals surface area contributed by atoms with Gasteiger partial charge in [-0.1, -0.05) is 25.1 Å². The zero-order chi connectivity index (χ0) is 14.4. The number of benzene rings is 2. The minimum atomic E-state index is 0.181. The molecule has 3 heteroatoms. The van der Waals surface area contributed by atoms with Crippen LogP contribution in [0.25, 0.3) is 0 Å². The van der Waals surface area contributed by atoms with Gasteiger partial charge in [0.05, 0.1) is 5.75 Å². The van der Waals surface area contributed by atoms with Crippen LogP contribution < -0.4 is 4.74 Å². The van der Waals surface area contributed by atoms with E-state index in [4.69, 9.17) is 4.74 Å². The highest BCUT2D eigenvalue weighted by Crippen LogP contribution is 2.24. The summed E-state index contributed by atoms with van der Waals surface area (Å²) >= 11 is 1.65. The molecule has 0 saturated heterocycles. The van der Waals surface area contributed by atoms with Gasteiger partial charge in [-0.05, 0) is 48.6 Å². The van der Waals surface area contributed by atoms with Gasteiger partial charge < -0.3 is 4.74 Å². The molecule has 0 saturated carbocycles. The summed E-state index contributed by atoms with van der Waals surface area (Å²) in [7, 11) is 0. The molecule has 0 bridgehead atoms. The van der Waals surface area contributed by atoms with Crippen molar-refractivity contribution in [3.05, 3.63) is 59.7 Å². The molecule has 2 nitrogen and oxygen atoms in total. The van der Waals surface area contributed by atoms with Gasteiger partial charge in [0.15, 0.2) is 5.78 Å². The van der Waals surface area contributed by atoms with Crippen LogP contribution in [0.1, 0.15) is 22.8 Å². The third-order valence-electron chi connectivity index (χ3n) is 2.91. The fraction of sp³-hybridized carbons (Fsp3) is 0.235. The van der Waals surface area contributed by atoms with Gasteiger partial charge in [0.2, 0.25) is 0 Å². The minimum Gasteiger partial charge on any atom is -0.457 e. The van der Waals surface area contributed by atoms with Gasteiger partial charge in [0, 0.05) is 5.56 Å². The molecule has 0 aromatic heterocycles. The summed E-state index contributed by atoms with van der Waals surface area (Å²) in [5.41, 5.74) is 1.74. The van der Waals surface area contributed by atoms with Crippen molar-refractivity contribution < 1.29 is 9.53 Å². The van der Waals surface area contributed by atoms with E-state index in [2.05, 4.69) is 6.92 Å². The van der Waals surface area contributed by atoms with E-state index in [9.17, 15) is 4.79 Å². The van der Waals surface area contributed by atoms with Crippen LogP contribution in [0.4, 0.5) is 0 Å². The smallest absolute Gasteiger partial charge is 0.172 e. The first kappa shape index (κ1) is 14.7. The van der Waals surface area contributed by atoms with Crippen LogP contribution in [-0.4, -0.2) is 17.3 Å². The van der Waals surface area contributed by atoms with Gasteiger partial charge in [-0.25, -0.2) is 0 Å². The zero-order valence-corrected chi connectivity index (χ0v) is 12.6. The maximum atomic E-state index is 12.0. The molecule has 0 spiro atoms. The summed E-state index contributed by atoms with van der Waals surface area (Å²) < 4.78 is 5.76. The van der Waals surface area contributed by atoms with Gasteiger partial charge in [0.1, 0.15) is 11.5 Å². The molecular formula is C17H18O2S. The predicted molar refractivity (Wildman–Crippen MR) is 85.0 cm³/mol. The molecule has 0 fully saturated rings. The van der Waals surface area contributed by atoms with Crippen molar-refractivity contribution in [3.8, 4) is 11.5 Å². The number of para-hydroxylation sites is 1. The number of ether oxygens (including phenoxy) is 1. The Labute approximate surface area is 124 Å². The number of ketones is 1. The number of carbonyl (C=O) groups is 1. The Morgan fingerprint density at radius 3 is 2.50 bits per heavy atom. The van der Waals surface area contributed by atoms with E-state index in [1.165, 1.54) is 0 Å². The van der Waals surface area contributed by atoms with E-state index in [-0.39, 0.29) is 5.78 Å². The Morgan fingerprint density at radius 2 is 1.85 bits per heavy atom. The molecule has 0 aliphatic heterocycles. The van der Waals surface area contributed by atoms with E-state index in [1.807, 2.05) is 55.5 Å². The first-order valence-electron chi connectivity index (χ1n) is 6.65. The Balaban J connectivity index is 2.11. The quantitative estimate of drug-likeness (QED) is 0.718. The van der Waals surface area contributed by atoms with Crippen LogP contribution in [0.5, 0.6) is 11.5 Å². The molecule has 0 N–H and O–H groups in total. The van der Waals surface area contributed by atoms with Crippen molar-refractivity contribution in [2.45, 2.75) is 13.8 Å². The van der Waals surface area contributed by atoms with E-state index in [0.29, 0.717) is 5.75 Å². The summed E-state index contributed by atoms with van der Waals surface area (Å²) in [5, 5.41) is 0. The summed E-state index contributed by atoms with van der Waals surface area (Å²) in [6, 6.07) is 15.3. The van der Waals surface area contributed by atoms with E-state index >= 15 is 0 Å². The van der Waals surface area contributed by atoms with E-state index in [1.54, 1.807) is 11.8 Å². The number of rotatable bonds is 6. The lowest BCUT2D eigenvalue weighted by atomic mass is 10.1. The monoisotopic (exact) mass is 286 g/mol. The van der Waals surface area contributed by atoms with E-state index < -0.39 is 0 Å². The zero-order valence-electron chi connectivity index (χ0n) is 11.8. The fourth-order valence-corrected chi connectivity index (χ4v) is 2.45. The van der Waals surface area contributed by atoms with Crippen molar-refractivity contribution in [2.75, 3.05) is 11.5 Å². The topological polar surface area (TPSA) is 26.3 Å². The summed E-state index contributed by atoms with van der Waals surface area (Å²) in [4.78, 5) is 12.0. The average molecular weight is 286 g/mol. The highest BCUT2D eigenvalue weighted by Gasteiger charge is 2.10. The molecule has 0 aliphatic carbocycles. The van der Waals surface area contributed by atoms with Crippen LogP contribution in [0, 0.1) is 6.92 Å². The van der Waals surface area contributed by atoms with E-state index in [0.717, 1.165) is 28.4 Å². The Hall–Kier alpha value is -1.74. The number of hydrogen-bond donors (Lipinski definition) is 0. The Morgan fingerprint density at radius 1 is 1.10 bits per heavy atom. The van der Waals surface area contributed by atoms with Crippen LogP contribution in [0.15, 0.2) is 48.5 Å². The van der Waals surface area contributed by atoms with Gasteiger partial charge in [-0.15, -0.1) is 0 Å². The first-order valence-corrected chi connectivity index (χ1v) is 7.80. The van der Waals surface area contributed by atoms with Gasteiger partial charge >= 0.3 is 0 Å². The van der Waals surface area contributed by atoms with Crippen LogP contribution in [-0.2, 0) is 0 Å². The van der Waals surface area contributed by atoms with Crippen molar-refractivity contribution >= 4 is 17.5 Å². The maximum absolute atomic E-state index is 12.0. The predicted octanol–water partition coefficient (Wildman–Crippen LogP) is 4.72. The van der Waals surface area contributed by atoms with Crippen LogP contribution in [0.3, 0.4) is 0 Å². The fourth-order valence-electron chi connectivity index (χ4n) is 1.91. The standard InChI is InChI=1S/C17H18O2S/c1-3-20-12-17(18)16-10-9-15(11-13(16)2)19-14-7-5-4-6-8-14/h4-11H,3,12H2,1-2H3. The molecule has 0 atom stereocenters. The second-order valence-corrected chi connectivity index (χ2v) is 5.73. The second kappa shape index (κ2) is 7.15. The third-order valence-corrected chi connectivity index (χ3v) is 3.79. The number of hydrogen-bond acceptors (Lipinski definition) is 3. The average Bonchev–Trinajstić information content (AvgIpc) is 2.46. The number of thioether (sulfide) groups is 1. The van der Waals surface area contributed by atoms with Crippen molar-refractivity contribution in [1.82, 2.24) is 0 Å². The van der Waals surface area contributed by atoms with Crippen molar-refractivity contribution in [2.24, 2.45) is 0 Å². The first-order chi connectivity index (χ1) is 9.70. The molecule has 0 aliphatic rings. The number of carbonyl (C=O) groups excluding carboxylic acids is 1. The highest BCUT2D eigenvalue weighted by atomic mass is 32.2. The maximum Gasteiger partial charge on any atom is 0.172 e. The number of Topliss-reactive ketones (excluding diaryl/α,β-unsaturated/α-hetero) is 1. The Bertz CT molecular complexity index is 579. The third kappa shape index (κ3) is 3.87. The normalized spacial score (nSPS) is 10.3. The molecule has 2 rings (SSSR count). The molecular weight excluding hydrogens is 268 g/mol. The number of aryl methyl sites for hydroxylation is 1. The van der Waals surface area contributed by atoms with Gasteiger partial charge in [0.25, 0.3) is 0 Å². The lowest BCUT2D eigenvalue weighted by molar-refractivity contribution is 0.102. The molecule has 0 unspecified atom stereocenters. The molecule has 2 aromatic rings. The van der Waals surface area contributed by atoms with Gasteiger partial charge in [-0.2, -0.15) is 11.8 Å². The SMILES string of the molecule is CCSCC(=O)c1ccc(Oc2ccccc2)cc1C.